The molecule has 7 heteroatoms. The van der Waals surface area contributed by atoms with Gasteiger partial charge in [-0.15, -0.1) is 0 Å². The van der Waals surface area contributed by atoms with Gasteiger partial charge in [0.15, 0.2) is 0 Å². The Kier molecular flexibility index (Phi) is 3.87. The minimum absolute atomic E-state index is 0.802. The summed E-state index contributed by atoms with van der Waals surface area (Å²) in [7, 11) is -3.08. The van der Waals surface area contributed by atoms with E-state index in [9.17, 15) is 13.9 Å². The molecule has 0 rings (SSSR count). The Labute approximate surface area is 50.7 Å². The summed E-state index contributed by atoms with van der Waals surface area (Å²) in [6.07, 6.45) is 0. The molecule has 2 N–H and O–H groups in total. The van der Waals surface area contributed by atoms with E-state index < -0.39 is 20.4 Å². The first-order valence-electron chi connectivity index (χ1n) is 1.88. The molecule has 0 aliphatic carbocycles. The molecule has 0 unspecified atom stereocenters. The van der Waals surface area contributed by atoms with E-state index in [0.717, 1.165) is 0 Å². The van der Waals surface area contributed by atoms with Crippen molar-refractivity contribution in [3.8, 4) is 0 Å². The molecule has 0 bridgehead atoms. The number of hydrogen-bond donors (Lipinski definition) is 2. The third-order valence-electron chi connectivity index (χ3n) is 0.378. The summed E-state index contributed by atoms with van der Waals surface area (Å²) in [6.45, 7) is -0.802. The number of amides is 1. The van der Waals surface area contributed by atoms with Crippen molar-refractivity contribution in [3.05, 3.63) is 0 Å². The van der Waals surface area contributed by atoms with Gasteiger partial charge in [-0.05, 0) is 0 Å². The predicted octanol–water partition coefficient (Wildman–Crippen LogP) is -0.886. The molecule has 1 amide bonds. The molecule has 0 fully saturated rings. The lowest BCUT2D eigenvalue weighted by molar-refractivity contribution is -0.130. The van der Waals surface area contributed by atoms with Crippen molar-refractivity contribution in [1.29, 1.82) is 0 Å². The fraction of sp³-hybridized carbons (Fsp3) is 0.500. The maximum Gasteiger partial charge on any atom is 0.490 e. The van der Waals surface area contributed by atoms with E-state index in [2.05, 4.69) is 4.62 Å². The van der Waals surface area contributed by atoms with Crippen LogP contribution in [0.5, 0.6) is 0 Å². The van der Waals surface area contributed by atoms with Crippen molar-refractivity contribution < 1.29 is 23.7 Å². The molecule has 0 atom stereocenters. The Balaban J connectivity index is 3.39. The highest BCUT2D eigenvalue weighted by molar-refractivity contribution is 7.24. The van der Waals surface area contributed by atoms with Crippen LogP contribution in [0.25, 0.3) is 0 Å². The molecule has 52 valence electrons. The Bertz CT molecular complexity index is 154. The third kappa shape index (κ3) is 5.16. The smallest absolute Gasteiger partial charge is 0.386 e. The molecule has 0 heterocycles. The van der Waals surface area contributed by atoms with Crippen LogP contribution < -0.4 is 5.48 Å². The lowest BCUT2D eigenvalue weighted by Crippen LogP contribution is -2.23. The zero-order valence-electron chi connectivity index (χ0n) is 4.23. The van der Waals surface area contributed by atoms with Crippen LogP contribution in [0.4, 0.5) is 0 Å². The van der Waals surface area contributed by atoms with Gasteiger partial charge in [-0.3, -0.25) is 4.79 Å². The van der Waals surface area contributed by atoms with Crippen LogP contribution in [0.1, 0.15) is 0 Å². The van der Waals surface area contributed by atoms with Crippen LogP contribution in [0.3, 0.4) is 0 Å². The molecule has 6 nitrogen and oxygen atoms in total. The summed E-state index contributed by atoms with van der Waals surface area (Å²) in [5.74, 6) is -0.908. The molecule has 0 saturated heterocycles. The SMILES string of the molecule is O=C(CO)NOP(=O)=O. The van der Waals surface area contributed by atoms with E-state index in [1.807, 2.05) is 0 Å². The first-order valence-corrected chi connectivity index (χ1v) is 2.97. The molecule has 0 aromatic rings. The largest absolute Gasteiger partial charge is 0.490 e. The second-order valence-electron chi connectivity index (χ2n) is 0.998. The third-order valence-corrected chi connectivity index (χ3v) is 0.618. The zero-order valence-corrected chi connectivity index (χ0v) is 5.13. The molecule has 0 aromatic heterocycles. The monoisotopic (exact) mass is 153 g/mol. The number of nitrogens with one attached hydrogen (secondary N) is 1. The van der Waals surface area contributed by atoms with Crippen molar-refractivity contribution in [2.75, 3.05) is 6.61 Å². The van der Waals surface area contributed by atoms with Gasteiger partial charge in [-0.25, -0.2) is 14.6 Å². The van der Waals surface area contributed by atoms with Gasteiger partial charge in [0.1, 0.15) is 6.61 Å². The summed E-state index contributed by atoms with van der Waals surface area (Å²) in [5, 5.41) is 7.96. The van der Waals surface area contributed by atoms with E-state index in [4.69, 9.17) is 5.11 Å². The van der Waals surface area contributed by atoms with Crippen LogP contribution in [0.15, 0.2) is 0 Å². The van der Waals surface area contributed by atoms with Crippen molar-refractivity contribution in [1.82, 2.24) is 5.48 Å². The normalized spacial score (nSPS) is 8.56. The number of aliphatic hydroxyl groups is 1. The van der Waals surface area contributed by atoms with E-state index in [1.54, 1.807) is 0 Å². The average Bonchev–Trinajstić information content (AvgIpc) is 1.83. The number of carbonyl (C=O) groups is 1. The van der Waals surface area contributed by atoms with Crippen LogP contribution in [-0.2, 0) is 18.5 Å². The van der Waals surface area contributed by atoms with Gasteiger partial charge in [0.2, 0.25) is 0 Å². The molecule has 9 heavy (non-hydrogen) atoms. The highest BCUT2D eigenvalue weighted by atomic mass is 31.1. The summed E-state index contributed by atoms with van der Waals surface area (Å²) in [5.41, 5.74) is 1.45. The number of carbonyl (C=O) groups excluding carboxylic acids is 1. The minimum Gasteiger partial charge on any atom is -0.386 e. The molecule has 0 aliphatic heterocycles. The van der Waals surface area contributed by atoms with Gasteiger partial charge in [-0.1, -0.05) is 0 Å². The van der Waals surface area contributed by atoms with Crippen LogP contribution in [-0.4, -0.2) is 17.6 Å². The standard InChI is InChI=1S/C2H4NO5P/c4-1-2(5)3-8-9(6)7/h4H,1H2,(H,3,5). The Morgan fingerprint density at radius 3 is 2.56 bits per heavy atom. The second-order valence-corrected chi connectivity index (χ2v) is 1.63. The summed E-state index contributed by atoms with van der Waals surface area (Å²) in [6, 6.07) is 0. The average molecular weight is 153 g/mol. The van der Waals surface area contributed by atoms with E-state index in [-0.39, 0.29) is 0 Å². The van der Waals surface area contributed by atoms with Crippen molar-refractivity contribution in [3.63, 3.8) is 0 Å². The maximum absolute atomic E-state index is 9.96. The Morgan fingerprint density at radius 1 is 1.67 bits per heavy atom. The quantitative estimate of drug-likeness (QED) is 0.405. The van der Waals surface area contributed by atoms with E-state index >= 15 is 0 Å². The van der Waals surface area contributed by atoms with Crippen molar-refractivity contribution in [2.45, 2.75) is 0 Å². The van der Waals surface area contributed by atoms with Crippen molar-refractivity contribution >= 4 is 13.8 Å². The lowest BCUT2D eigenvalue weighted by Gasteiger charge is -1.91. The summed E-state index contributed by atoms with van der Waals surface area (Å²) in [4.78, 5) is 9.96. The van der Waals surface area contributed by atoms with Gasteiger partial charge in [0, 0.05) is 0 Å². The van der Waals surface area contributed by atoms with Crippen LogP contribution in [0, 0.1) is 0 Å². The van der Waals surface area contributed by atoms with Crippen LogP contribution >= 0.6 is 7.91 Å². The van der Waals surface area contributed by atoms with Gasteiger partial charge >= 0.3 is 7.91 Å². The zero-order chi connectivity index (χ0) is 7.28. The summed E-state index contributed by atoms with van der Waals surface area (Å²) < 4.78 is 22.7. The predicted molar refractivity (Wildman–Crippen MR) is 24.6 cm³/mol. The maximum atomic E-state index is 9.96. The number of hydroxylamine groups is 1. The topological polar surface area (TPSA) is 92.7 Å². The fourth-order valence-electron chi connectivity index (χ4n) is 0.120. The van der Waals surface area contributed by atoms with Gasteiger partial charge in [0.05, 0.1) is 0 Å². The number of rotatable bonds is 3. The lowest BCUT2D eigenvalue weighted by atomic mass is 10.7. The first-order chi connectivity index (χ1) is 4.16. The first kappa shape index (κ1) is 8.29. The number of hydrogen-bond acceptors (Lipinski definition) is 5. The van der Waals surface area contributed by atoms with E-state index in [1.165, 1.54) is 5.48 Å². The Hall–Kier alpha value is -0.710. The second kappa shape index (κ2) is 4.20. The molecule has 0 aliphatic rings. The van der Waals surface area contributed by atoms with Crippen molar-refractivity contribution in [2.24, 2.45) is 0 Å². The molecule has 0 saturated carbocycles. The van der Waals surface area contributed by atoms with Gasteiger partial charge < -0.3 is 5.11 Å². The fourth-order valence-corrected chi connectivity index (χ4v) is 0.297. The summed E-state index contributed by atoms with van der Waals surface area (Å²) >= 11 is 0. The molecule has 0 radical (unpaired) electrons. The highest BCUT2D eigenvalue weighted by Crippen LogP contribution is 1.98. The van der Waals surface area contributed by atoms with Gasteiger partial charge in [-0.2, -0.15) is 4.62 Å². The van der Waals surface area contributed by atoms with Crippen LogP contribution in [0.2, 0.25) is 0 Å². The molecular weight excluding hydrogens is 149 g/mol. The highest BCUT2D eigenvalue weighted by Gasteiger charge is 1.97. The Morgan fingerprint density at radius 2 is 2.22 bits per heavy atom. The van der Waals surface area contributed by atoms with Gasteiger partial charge in [0.25, 0.3) is 5.91 Å². The molecule has 0 spiro atoms. The minimum atomic E-state index is -3.08. The molecular formula is C2H4NO5P. The van der Waals surface area contributed by atoms with E-state index in [0.29, 0.717) is 0 Å². The number of aliphatic hydroxyl groups excluding tert-OH is 1. The molecule has 0 aromatic carbocycles.